The summed E-state index contributed by atoms with van der Waals surface area (Å²) >= 11 is 0. The lowest BCUT2D eigenvalue weighted by atomic mass is 10.0. The highest BCUT2D eigenvalue weighted by Crippen LogP contribution is 2.33. The molecule has 0 spiro atoms. The number of nitrogens with one attached hydrogen (secondary N) is 2. The van der Waals surface area contributed by atoms with Crippen molar-refractivity contribution >= 4 is 52.3 Å². The number of aromatic nitrogens is 4. The van der Waals surface area contributed by atoms with Crippen molar-refractivity contribution in [2.75, 3.05) is 0 Å². The molecule has 0 aliphatic carbocycles. The summed E-state index contributed by atoms with van der Waals surface area (Å²) in [5, 5.41) is 9.10. The van der Waals surface area contributed by atoms with Crippen molar-refractivity contribution in [3.8, 4) is 69.6 Å². The highest BCUT2D eigenvalue weighted by atomic mass is 16.4. The molecule has 0 amide bonds. The smallest absolute Gasteiger partial charge is 0.335 e. The van der Waals surface area contributed by atoms with Gasteiger partial charge in [0.25, 0.3) is 0 Å². The average Bonchev–Trinajstić information content (AvgIpc) is 4.27. The summed E-state index contributed by atoms with van der Waals surface area (Å²) in [6.07, 6.45) is 8.20. The van der Waals surface area contributed by atoms with Crippen molar-refractivity contribution in [1.29, 1.82) is 0 Å². The van der Waals surface area contributed by atoms with Crippen molar-refractivity contribution in [1.82, 2.24) is 19.9 Å². The number of hydrogen-bond acceptors (Lipinski definition) is 3. The summed E-state index contributed by atoms with van der Waals surface area (Å²) in [7, 11) is 0. The fourth-order valence-electron chi connectivity index (χ4n) is 8.26. The second-order valence-electron chi connectivity index (χ2n) is 16.7. The van der Waals surface area contributed by atoms with E-state index in [2.05, 4.69) is 124 Å². The summed E-state index contributed by atoms with van der Waals surface area (Å²) in [6, 6.07) is 61.3. The Morgan fingerprint density at radius 3 is 1.04 bits per heavy atom. The van der Waals surface area contributed by atoms with Crippen LogP contribution in [0.1, 0.15) is 77.6 Å². The maximum Gasteiger partial charge on any atom is 0.335 e. The number of carboxylic acids is 1. The van der Waals surface area contributed by atoms with E-state index >= 15 is 0 Å². The molecule has 6 aromatic carbocycles. The molecule has 2 aliphatic rings. The summed E-state index contributed by atoms with van der Waals surface area (Å²) in [4.78, 5) is 28.9. The molecule has 0 saturated heterocycles. The molecule has 71 heavy (non-hydrogen) atoms. The Hall–Kier alpha value is -10.4. The minimum atomic E-state index is -0.959. The third-order valence-corrected chi connectivity index (χ3v) is 11.9. The van der Waals surface area contributed by atoms with Crippen molar-refractivity contribution in [3.63, 3.8) is 0 Å². The van der Waals surface area contributed by atoms with Crippen molar-refractivity contribution in [3.05, 3.63) is 261 Å². The van der Waals surface area contributed by atoms with Crippen LogP contribution in [0.4, 0.5) is 0 Å². The first-order chi connectivity index (χ1) is 34.9. The molecular formula is C65H38N4O2. The van der Waals surface area contributed by atoms with Gasteiger partial charge in [-0.1, -0.05) is 108 Å². The van der Waals surface area contributed by atoms with Crippen LogP contribution < -0.4 is 0 Å². The van der Waals surface area contributed by atoms with E-state index in [0.717, 1.165) is 112 Å². The van der Waals surface area contributed by atoms with Crippen LogP contribution in [0, 0.1) is 47.4 Å². The molecule has 3 N–H and O–H groups in total. The van der Waals surface area contributed by atoms with E-state index in [1.54, 1.807) is 24.3 Å². The lowest BCUT2D eigenvalue weighted by molar-refractivity contribution is 0.0697. The molecule has 6 heteroatoms. The molecule has 3 aromatic heterocycles. The largest absolute Gasteiger partial charge is 0.478 e. The number of benzene rings is 6. The van der Waals surface area contributed by atoms with Crippen LogP contribution in [0.3, 0.4) is 0 Å². The molecule has 2 aliphatic heterocycles. The molecule has 0 atom stereocenters. The average molecular weight is 907 g/mol. The van der Waals surface area contributed by atoms with Crippen molar-refractivity contribution in [2.24, 2.45) is 0 Å². The fraction of sp³-hybridized carbons (Fsp3) is 0. The zero-order valence-electron chi connectivity index (χ0n) is 38.0. The van der Waals surface area contributed by atoms with Gasteiger partial charge in [0.05, 0.1) is 33.9 Å². The standard InChI is InChI=1S/C65H38N4O2/c70-65(71)53-32-29-50(30-33-53)28-25-47-20-17-46(18-21-47)16-13-44-11-14-45(15-12-44)19-22-48-23-26-49(27-24-48)31-36-56-57-39-41-61(68-57)63(51-7-3-1-4-8-51)59-37-34-54(66-59)43-55-35-38-60(67-55)64(52-9-5-2-6-10-52)62-42-40-58(56)69-62/h1-12,14-15,17-18,20-21,23-24,26-27,29-30,32-35,37-43,66-67H,(H,70,71). The van der Waals surface area contributed by atoms with Gasteiger partial charge in [-0.25, -0.2) is 14.8 Å². The maximum absolute atomic E-state index is 11.1. The number of fused-ring (bicyclic) bond motifs is 8. The van der Waals surface area contributed by atoms with E-state index in [4.69, 9.17) is 15.1 Å². The SMILES string of the molecule is O=C(O)c1ccc(C#Cc2ccc(C#Cc3ccc(C#Cc4ccc(C#Cc5c6nc(c(-c7ccccc7)c7ccc(cc8ccc([nH]8)c(-c8ccccc8)c8nc5C=C8)[nH]7)C=C6)cc4)cc3)cc2)cc1. The molecule has 0 radical (unpaired) electrons. The van der Waals surface area contributed by atoms with Crippen LogP contribution in [0.25, 0.3) is 68.6 Å². The second-order valence-corrected chi connectivity index (χ2v) is 16.7. The number of rotatable bonds is 3. The van der Waals surface area contributed by atoms with Gasteiger partial charge in [0.1, 0.15) is 0 Å². The zero-order chi connectivity index (χ0) is 47.9. The van der Waals surface area contributed by atoms with Gasteiger partial charge < -0.3 is 15.1 Å². The van der Waals surface area contributed by atoms with Crippen LogP contribution in [-0.2, 0) is 0 Å². The molecule has 11 rings (SSSR count). The third-order valence-electron chi connectivity index (χ3n) is 11.9. The van der Waals surface area contributed by atoms with Gasteiger partial charge in [0, 0.05) is 72.1 Å². The number of carboxylic acid groups (broad SMARTS) is 1. The minimum Gasteiger partial charge on any atom is -0.478 e. The Morgan fingerprint density at radius 1 is 0.366 bits per heavy atom. The fourth-order valence-corrected chi connectivity index (χ4v) is 8.26. The van der Waals surface area contributed by atoms with Crippen molar-refractivity contribution < 1.29 is 9.90 Å². The first-order valence-electron chi connectivity index (χ1n) is 22.9. The lowest BCUT2D eigenvalue weighted by Crippen LogP contribution is -1.94. The Morgan fingerprint density at radius 2 is 0.690 bits per heavy atom. The van der Waals surface area contributed by atoms with Gasteiger partial charge in [-0.3, -0.25) is 0 Å². The summed E-state index contributed by atoms with van der Waals surface area (Å²) in [6.45, 7) is 0. The number of hydrogen-bond donors (Lipinski definition) is 3. The first kappa shape index (κ1) is 43.2. The molecule has 8 bridgehead atoms. The van der Waals surface area contributed by atoms with E-state index in [1.165, 1.54) is 0 Å². The van der Waals surface area contributed by atoms with E-state index in [1.807, 2.05) is 121 Å². The molecule has 0 fully saturated rings. The van der Waals surface area contributed by atoms with E-state index < -0.39 is 5.97 Å². The molecule has 0 unspecified atom stereocenters. The van der Waals surface area contributed by atoms with Gasteiger partial charge in [-0.05, 0) is 163 Å². The first-order valence-corrected chi connectivity index (χ1v) is 22.9. The Kier molecular flexibility index (Phi) is 11.8. The summed E-state index contributed by atoms with van der Waals surface area (Å²) < 4.78 is 0. The van der Waals surface area contributed by atoms with Gasteiger partial charge in [0.15, 0.2) is 0 Å². The number of H-pyrrole nitrogens is 2. The number of aromatic amines is 2. The Balaban J connectivity index is 0.873. The lowest BCUT2D eigenvalue weighted by Gasteiger charge is -2.04. The summed E-state index contributed by atoms with van der Waals surface area (Å²) in [5.41, 5.74) is 18.0. The van der Waals surface area contributed by atoms with Crippen molar-refractivity contribution in [2.45, 2.75) is 0 Å². The predicted molar refractivity (Wildman–Crippen MR) is 286 cm³/mol. The van der Waals surface area contributed by atoms with Crippen LogP contribution in [-0.4, -0.2) is 31.0 Å². The van der Waals surface area contributed by atoms with Crippen LogP contribution >= 0.6 is 0 Å². The highest BCUT2D eigenvalue weighted by Gasteiger charge is 2.17. The molecule has 0 saturated carbocycles. The number of carbonyl (C=O) groups is 1. The van der Waals surface area contributed by atoms with E-state index in [9.17, 15) is 4.79 Å². The second kappa shape index (κ2) is 19.5. The molecule has 5 heterocycles. The molecule has 330 valence electrons. The highest BCUT2D eigenvalue weighted by molar-refractivity contribution is 5.94. The van der Waals surface area contributed by atoms with Crippen LogP contribution in [0.15, 0.2) is 188 Å². The van der Waals surface area contributed by atoms with E-state index in [0.29, 0.717) is 0 Å². The van der Waals surface area contributed by atoms with Crippen LogP contribution in [0.2, 0.25) is 0 Å². The summed E-state index contributed by atoms with van der Waals surface area (Å²) in [5.74, 6) is 25.2. The van der Waals surface area contributed by atoms with Gasteiger partial charge in [0.2, 0.25) is 0 Å². The molecule has 6 nitrogen and oxygen atoms in total. The normalized spacial score (nSPS) is 10.9. The predicted octanol–water partition coefficient (Wildman–Crippen LogP) is 13.3. The van der Waals surface area contributed by atoms with Gasteiger partial charge in [-0.2, -0.15) is 0 Å². The van der Waals surface area contributed by atoms with Gasteiger partial charge in [-0.15, -0.1) is 0 Å². The van der Waals surface area contributed by atoms with Gasteiger partial charge >= 0.3 is 5.97 Å². The third kappa shape index (κ3) is 9.87. The maximum atomic E-state index is 11.1. The molecule has 9 aromatic rings. The zero-order valence-corrected chi connectivity index (χ0v) is 38.0. The number of aromatic carboxylic acids is 1. The number of nitrogens with zero attached hydrogens (tertiary/aromatic N) is 2. The quantitative estimate of drug-likeness (QED) is 0.154. The Bertz CT molecular complexity index is 3900. The topological polar surface area (TPSA) is 94.7 Å². The monoisotopic (exact) mass is 906 g/mol. The minimum absolute atomic E-state index is 0.234. The van der Waals surface area contributed by atoms with Crippen LogP contribution in [0.5, 0.6) is 0 Å². The Labute approximate surface area is 410 Å². The van der Waals surface area contributed by atoms with E-state index in [-0.39, 0.29) is 5.56 Å². The molecular weight excluding hydrogens is 869 g/mol.